The number of likely N-dealkylation sites (tertiary alicyclic amines) is 1. The zero-order chi connectivity index (χ0) is 19.8. The van der Waals surface area contributed by atoms with E-state index in [9.17, 15) is 0 Å². The molecule has 1 fully saturated rings. The van der Waals surface area contributed by atoms with E-state index in [2.05, 4.69) is 64.6 Å². The number of benzene rings is 2. The summed E-state index contributed by atoms with van der Waals surface area (Å²) in [5.41, 5.74) is 2.50. The Balaban J connectivity index is 1.67. The molecule has 2 aromatic carbocycles. The van der Waals surface area contributed by atoms with Crippen molar-refractivity contribution in [3.63, 3.8) is 0 Å². The second-order valence-corrected chi connectivity index (χ2v) is 7.83. The van der Waals surface area contributed by atoms with Crippen LogP contribution in [0.2, 0.25) is 0 Å². The van der Waals surface area contributed by atoms with Gasteiger partial charge in [0.1, 0.15) is 5.75 Å². The fourth-order valence-electron chi connectivity index (χ4n) is 3.75. The maximum Gasteiger partial charge on any atom is 0.169 e. The number of ether oxygens (including phenoxy) is 1. The molecular formula is C23H31N3OS. The summed E-state index contributed by atoms with van der Waals surface area (Å²) in [6, 6.07) is 19.2. The molecule has 1 aliphatic rings. The molecular weight excluding hydrogens is 366 g/mol. The van der Waals surface area contributed by atoms with Gasteiger partial charge >= 0.3 is 0 Å². The van der Waals surface area contributed by atoms with Gasteiger partial charge in [0.05, 0.1) is 7.11 Å². The number of hydrogen-bond acceptors (Lipinski definition) is 3. The van der Waals surface area contributed by atoms with Gasteiger partial charge in [0.2, 0.25) is 0 Å². The Labute approximate surface area is 174 Å². The molecule has 3 rings (SSSR count). The number of rotatable bonds is 7. The summed E-state index contributed by atoms with van der Waals surface area (Å²) >= 11 is 5.84. The number of piperidine rings is 1. The highest BCUT2D eigenvalue weighted by molar-refractivity contribution is 7.80. The molecule has 1 heterocycles. The Morgan fingerprint density at radius 1 is 1.11 bits per heavy atom. The number of para-hydroxylation sites is 1. The van der Waals surface area contributed by atoms with Crippen LogP contribution in [0.15, 0.2) is 54.6 Å². The van der Waals surface area contributed by atoms with Crippen molar-refractivity contribution in [2.75, 3.05) is 33.8 Å². The first-order chi connectivity index (χ1) is 13.7. The Kier molecular flexibility index (Phi) is 7.69. The molecule has 0 amide bonds. The predicted octanol–water partition coefficient (Wildman–Crippen LogP) is 3.71. The van der Waals surface area contributed by atoms with Crippen molar-refractivity contribution in [3.05, 3.63) is 65.7 Å². The zero-order valence-electron chi connectivity index (χ0n) is 16.9. The van der Waals surface area contributed by atoms with E-state index in [1.165, 1.54) is 11.1 Å². The molecule has 28 heavy (non-hydrogen) atoms. The van der Waals surface area contributed by atoms with Crippen LogP contribution in [0.3, 0.4) is 0 Å². The first-order valence-electron chi connectivity index (χ1n) is 10.1. The van der Waals surface area contributed by atoms with Crippen molar-refractivity contribution < 1.29 is 4.74 Å². The number of hydrogen-bond donors (Lipinski definition) is 1. The van der Waals surface area contributed by atoms with E-state index in [1.54, 1.807) is 7.11 Å². The number of thiocarbonyl (C=S) groups is 1. The molecule has 0 aromatic heterocycles. The van der Waals surface area contributed by atoms with Crippen LogP contribution in [0.4, 0.5) is 0 Å². The van der Waals surface area contributed by atoms with Crippen molar-refractivity contribution >= 4 is 17.3 Å². The van der Waals surface area contributed by atoms with E-state index in [0.29, 0.717) is 6.04 Å². The maximum atomic E-state index is 5.84. The monoisotopic (exact) mass is 397 g/mol. The number of methoxy groups -OCH3 is 1. The van der Waals surface area contributed by atoms with Crippen molar-refractivity contribution in [2.24, 2.45) is 0 Å². The van der Waals surface area contributed by atoms with Crippen LogP contribution in [0.1, 0.15) is 24.0 Å². The van der Waals surface area contributed by atoms with Gasteiger partial charge in [-0.15, -0.1) is 0 Å². The van der Waals surface area contributed by atoms with Gasteiger partial charge in [0.25, 0.3) is 0 Å². The molecule has 0 atom stereocenters. The third-order valence-electron chi connectivity index (χ3n) is 5.46. The van der Waals surface area contributed by atoms with Crippen LogP contribution < -0.4 is 10.1 Å². The predicted molar refractivity (Wildman–Crippen MR) is 120 cm³/mol. The zero-order valence-corrected chi connectivity index (χ0v) is 17.8. The summed E-state index contributed by atoms with van der Waals surface area (Å²) < 4.78 is 5.57. The molecule has 150 valence electrons. The average Bonchev–Trinajstić information content (AvgIpc) is 2.73. The summed E-state index contributed by atoms with van der Waals surface area (Å²) in [6.07, 6.45) is 3.23. The van der Waals surface area contributed by atoms with Crippen molar-refractivity contribution in [1.82, 2.24) is 15.1 Å². The van der Waals surface area contributed by atoms with E-state index in [4.69, 9.17) is 17.0 Å². The first kappa shape index (κ1) is 20.6. The minimum atomic E-state index is 0.456. The lowest BCUT2D eigenvalue weighted by atomic mass is 10.0. The SMILES string of the molecule is COc1ccccc1CN(C(=S)NCCc1ccccc1)C1CCN(C)CC1. The first-order valence-corrected chi connectivity index (χ1v) is 10.5. The van der Waals surface area contributed by atoms with E-state index in [0.717, 1.165) is 56.3 Å². The maximum absolute atomic E-state index is 5.84. The summed E-state index contributed by atoms with van der Waals surface area (Å²) in [7, 11) is 3.92. The van der Waals surface area contributed by atoms with Crippen LogP contribution in [0.25, 0.3) is 0 Å². The van der Waals surface area contributed by atoms with Crippen LogP contribution in [0, 0.1) is 0 Å². The second-order valence-electron chi connectivity index (χ2n) is 7.44. The summed E-state index contributed by atoms with van der Waals surface area (Å²) in [4.78, 5) is 4.76. The summed E-state index contributed by atoms with van der Waals surface area (Å²) in [5, 5.41) is 4.34. The van der Waals surface area contributed by atoms with E-state index >= 15 is 0 Å². The second kappa shape index (κ2) is 10.4. The molecule has 4 nitrogen and oxygen atoms in total. The lowest BCUT2D eigenvalue weighted by molar-refractivity contribution is 0.170. The standard InChI is InChI=1S/C23H31N3OS/c1-25-16-13-21(14-17-25)26(18-20-10-6-7-11-22(20)27-2)23(28)24-15-12-19-8-4-3-5-9-19/h3-11,21H,12-18H2,1-2H3,(H,24,28). The molecule has 0 unspecified atom stereocenters. The third-order valence-corrected chi connectivity index (χ3v) is 5.83. The van der Waals surface area contributed by atoms with Gasteiger partial charge in [-0.25, -0.2) is 0 Å². The topological polar surface area (TPSA) is 27.7 Å². The Bertz CT molecular complexity index is 745. The van der Waals surface area contributed by atoms with Gasteiger partial charge in [0.15, 0.2) is 5.11 Å². The normalized spacial score (nSPS) is 15.2. The lowest BCUT2D eigenvalue weighted by Crippen LogP contribution is -2.50. The Morgan fingerprint density at radius 2 is 1.79 bits per heavy atom. The van der Waals surface area contributed by atoms with Gasteiger partial charge < -0.3 is 19.9 Å². The van der Waals surface area contributed by atoms with E-state index < -0.39 is 0 Å². The summed E-state index contributed by atoms with van der Waals surface area (Å²) in [5.74, 6) is 0.924. The molecule has 5 heteroatoms. The average molecular weight is 398 g/mol. The van der Waals surface area contributed by atoms with Crippen molar-refractivity contribution in [1.29, 1.82) is 0 Å². The molecule has 0 bridgehead atoms. The molecule has 1 N–H and O–H groups in total. The van der Waals surface area contributed by atoms with Crippen LogP contribution >= 0.6 is 12.2 Å². The van der Waals surface area contributed by atoms with Crippen LogP contribution in [0.5, 0.6) is 5.75 Å². The van der Waals surface area contributed by atoms with Gasteiger partial charge in [-0.3, -0.25) is 0 Å². The Morgan fingerprint density at radius 3 is 2.50 bits per heavy atom. The van der Waals surface area contributed by atoms with Gasteiger partial charge in [-0.2, -0.15) is 0 Å². The smallest absolute Gasteiger partial charge is 0.169 e. The highest BCUT2D eigenvalue weighted by atomic mass is 32.1. The summed E-state index contributed by atoms with van der Waals surface area (Å²) in [6.45, 7) is 3.84. The van der Waals surface area contributed by atoms with E-state index in [1.807, 2.05) is 12.1 Å². The lowest BCUT2D eigenvalue weighted by Gasteiger charge is -2.39. The molecule has 1 saturated heterocycles. The quantitative estimate of drug-likeness (QED) is 0.719. The Hall–Kier alpha value is -2.11. The van der Waals surface area contributed by atoms with Crippen LogP contribution in [-0.2, 0) is 13.0 Å². The van der Waals surface area contributed by atoms with Crippen LogP contribution in [-0.4, -0.2) is 54.7 Å². The molecule has 0 aliphatic carbocycles. The minimum Gasteiger partial charge on any atom is -0.496 e. The minimum absolute atomic E-state index is 0.456. The molecule has 0 radical (unpaired) electrons. The van der Waals surface area contributed by atoms with Crippen molar-refractivity contribution in [2.45, 2.75) is 31.8 Å². The highest BCUT2D eigenvalue weighted by Crippen LogP contribution is 2.23. The number of nitrogens with one attached hydrogen (secondary N) is 1. The number of nitrogens with zero attached hydrogens (tertiary/aromatic N) is 2. The molecule has 0 saturated carbocycles. The van der Waals surface area contributed by atoms with Gasteiger partial charge in [0, 0.05) is 24.7 Å². The van der Waals surface area contributed by atoms with Gasteiger partial charge in [-0.05, 0) is 63.2 Å². The van der Waals surface area contributed by atoms with Gasteiger partial charge in [-0.1, -0.05) is 48.5 Å². The molecule has 2 aromatic rings. The molecule has 0 spiro atoms. The van der Waals surface area contributed by atoms with E-state index in [-0.39, 0.29) is 0 Å². The molecule has 1 aliphatic heterocycles. The van der Waals surface area contributed by atoms with Crippen molar-refractivity contribution in [3.8, 4) is 5.75 Å². The highest BCUT2D eigenvalue weighted by Gasteiger charge is 2.25. The fraction of sp³-hybridized carbons (Fsp3) is 0.435. The largest absolute Gasteiger partial charge is 0.496 e. The fourth-order valence-corrected chi connectivity index (χ4v) is 4.07. The third kappa shape index (κ3) is 5.69.